The zero-order valence-corrected chi connectivity index (χ0v) is 11.2. The summed E-state index contributed by atoms with van der Waals surface area (Å²) in [6, 6.07) is 14.7. The zero-order chi connectivity index (χ0) is 14.8. The first-order chi connectivity index (χ1) is 10.2. The van der Waals surface area contributed by atoms with Crippen LogP contribution in [-0.2, 0) is 6.54 Å². The maximum atomic E-state index is 14.0. The van der Waals surface area contributed by atoms with Crippen molar-refractivity contribution in [3.05, 3.63) is 71.5 Å². The lowest BCUT2D eigenvalue weighted by Gasteiger charge is -2.24. The summed E-state index contributed by atoms with van der Waals surface area (Å²) in [5.74, 6) is -0.269. The minimum absolute atomic E-state index is 0.126. The van der Waals surface area contributed by atoms with Gasteiger partial charge in [0.25, 0.3) is 0 Å². The van der Waals surface area contributed by atoms with Crippen LogP contribution in [0.3, 0.4) is 0 Å². The smallest absolute Gasteiger partial charge is 0.346 e. The Labute approximate surface area is 121 Å². The second kappa shape index (κ2) is 5.36. The first-order valence-electron chi connectivity index (χ1n) is 6.60. The van der Waals surface area contributed by atoms with Gasteiger partial charge in [0.2, 0.25) is 0 Å². The average molecular weight is 283 g/mol. The topological polar surface area (TPSA) is 58.7 Å². The van der Waals surface area contributed by atoms with Crippen LogP contribution in [0.1, 0.15) is 17.2 Å². The molecule has 21 heavy (non-hydrogen) atoms. The molecule has 0 aliphatic carbocycles. The molecule has 2 amide bonds. The van der Waals surface area contributed by atoms with Crippen molar-refractivity contribution in [2.45, 2.75) is 12.6 Å². The van der Waals surface area contributed by atoms with Crippen LogP contribution in [0.15, 0.2) is 59.6 Å². The molecule has 1 heterocycles. The number of urea groups is 1. The lowest BCUT2D eigenvalue weighted by Crippen LogP contribution is -2.33. The van der Waals surface area contributed by atoms with Crippen LogP contribution in [0.25, 0.3) is 0 Å². The fourth-order valence-corrected chi connectivity index (χ4v) is 2.47. The molecule has 0 aromatic heterocycles. The van der Waals surface area contributed by atoms with Crippen LogP contribution >= 0.6 is 0 Å². The Hall–Kier alpha value is -2.69. The van der Waals surface area contributed by atoms with Gasteiger partial charge in [-0.25, -0.2) is 9.18 Å². The Balaban J connectivity index is 1.95. The summed E-state index contributed by atoms with van der Waals surface area (Å²) < 4.78 is 14.0. The van der Waals surface area contributed by atoms with Gasteiger partial charge in [-0.3, -0.25) is 0 Å². The van der Waals surface area contributed by atoms with E-state index < -0.39 is 17.9 Å². The molecular weight excluding hydrogens is 269 g/mol. The zero-order valence-electron chi connectivity index (χ0n) is 11.2. The lowest BCUT2D eigenvalue weighted by atomic mass is 10.0. The third kappa shape index (κ3) is 2.50. The van der Waals surface area contributed by atoms with E-state index in [0.717, 1.165) is 5.56 Å². The van der Waals surface area contributed by atoms with Gasteiger partial charge in [-0.15, -0.1) is 0 Å². The predicted octanol–water partition coefficient (Wildman–Crippen LogP) is 2.86. The van der Waals surface area contributed by atoms with Gasteiger partial charge >= 0.3 is 6.03 Å². The number of carbonyl (C=O) groups is 1. The second-order valence-corrected chi connectivity index (χ2v) is 4.86. The third-order valence-electron chi connectivity index (χ3n) is 3.46. The largest absolute Gasteiger partial charge is 0.385 e. The van der Waals surface area contributed by atoms with E-state index in [2.05, 4.69) is 4.99 Å². The first kappa shape index (κ1) is 13.3. The number of amides is 2. The molecule has 2 N–H and O–H groups in total. The minimum atomic E-state index is -0.654. The van der Waals surface area contributed by atoms with Gasteiger partial charge in [0.1, 0.15) is 17.7 Å². The van der Waals surface area contributed by atoms with E-state index in [1.165, 1.54) is 11.0 Å². The summed E-state index contributed by atoms with van der Waals surface area (Å²) >= 11 is 0. The Morgan fingerprint density at radius 3 is 2.48 bits per heavy atom. The number of benzene rings is 2. The number of nitrogens with two attached hydrogens (primary N) is 1. The molecule has 3 rings (SSSR count). The highest BCUT2D eigenvalue weighted by molar-refractivity contribution is 6.03. The predicted molar refractivity (Wildman–Crippen MR) is 78.1 cm³/mol. The number of halogens is 1. The fraction of sp³-hybridized carbons (Fsp3) is 0.125. The Morgan fingerprint density at radius 1 is 1.10 bits per heavy atom. The van der Waals surface area contributed by atoms with Gasteiger partial charge in [0.15, 0.2) is 0 Å². The van der Waals surface area contributed by atoms with Gasteiger partial charge in [-0.05, 0) is 11.6 Å². The van der Waals surface area contributed by atoms with Gasteiger partial charge in [-0.1, -0.05) is 48.5 Å². The molecule has 0 bridgehead atoms. The molecule has 4 nitrogen and oxygen atoms in total. The van der Waals surface area contributed by atoms with Gasteiger partial charge < -0.3 is 10.6 Å². The monoisotopic (exact) mass is 283 g/mol. The number of amidine groups is 1. The molecule has 1 aliphatic heterocycles. The maximum absolute atomic E-state index is 14.0. The summed E-state index contributed by atoms with van der Waals surface area (Å²) in [4.78, 5) is 17.3. The maximum Gasteiger partial charge on any atom is 0.346 e. The Kier molecular flexibility index (Phi) is 3.39. The van der Waals surface area contributed by atoms with Crippen molar-refractivity contribution in [3.63, 3.8) is 0 Å². The molecule has 106 valence electrons. The highest BCUT2D eigenvalue weighted by Gasteiger charge is 2.35. The van der Waals surface area contributed by atoms with Crippen molar-refractivity contribution in [1.29, 1.82) is 0 Å². The van der Waals surface area contributed by atoms with Crippen LogP contribution in [-0.4, -0.2) is 16.8 Å². The molecule has 0 radical (unpaired) electrons. The van der Waals surface area contributed by atoms with Crippen molar-refractivity contribution in [1.82, 2.24) is 4.90 Å². The number of carbonyl (C=O) groups excluding carboxylic acids is 1. The molecule has 0 saturated carbocycles. The van der Waals surface area contributed by atoms with Crippen LogP contribution in [0.2, 0.25) is 0 Å². The van der Waals surface area contributed by atoms with E-state index in [1.54, 1.807) is 18.2 Å². The van der Waals surface area contributed by atoms with Crippen LogP contribution < -0.4 is 5.73 Å². The molecule has 2 aromatic rings. The molecule has 1 unspecified atom stereocenters. The molecule has 5 heteroatoms. The highest BCUT2D eigenvalue weighted by Crippen LogP contribution is 2.30. The molecule has 2 aromatic carbocycles. The highest BCUT2D eigenvalue weighted by atomic mass is 19.1. The second-order valence-electron chi connectivity index (χ2n) is 4.86. The molecule has 0 fully saturated rings. The van der Waals surface area contributed by atoms with E-state index in [9.17, 15) is 9.18 Å². The summed E-state index contributed by atoms with van der Waals surface area (Å²) in [6.07, 6.45) is 0. The number of hydrogen-bond donors (Lipinski definition) is 1. The van der Waals surface area contributed by atoms with E-state index in [4.69, 9.17) is 5.73 Å². The van der Waals surface area contributed by atoms with E-state index in [0.29, 0.717) is 12.1 Å². The summed E-state index contributed by atoms with van der Waals surface area (Å²) in [6.45, 7) is 0.336. The number of nitrogens with zero attached hydrogens (tertiary/aromatic N) is 2. The van der Waals surface area contributed by atoms with E-state index in [1.807, 2.05) is 30.3 Å². The molecule has 0 saturated heterocycles. The lowest BCUT2D eigenvalue weighted by molar-refractivity contribution is 0.203. The van der Waals surface area contributed by atoms with Crippen molar-refractivity contribution in [3.8, 4) is 0 Å². The quantitative estimate of drug-likeness (QED) is 0.941. The normalized spacial score (nSPS) is 18.0. The molecular formula is C16H14FN3O. The van der Waals surface area contributed by atoms with Gasteiger partial charge in [-0.2, -0.15) is 4.99 Å². The number of aliphatic imine (C=N–C) groups is 1. The number of rotatable bonds is 3. The fourth-order valence-electron chi connectivity index (χ4n) is 2.47. The minimum Gasteiger partial charge on any atom is -0.385 e. The van der Waals surface area contributed by atoms with Gasteiger partial charge in [0, 0.05) is 12.1 Å². The van der Waals surface area contributed by atoms with Crippen molar-refractivity contribution in [2.24, 2.45) is 10.7 Å². The Morgan fingerprint density at radius 2 is 1.76 bits per heavy atom. The standard InChI is InChI=1S/C16H14FN3O/c17-13-9-5-4-8-12(13)14-15(18)19-16(21)20(14)10-11-6-2-1-3-7-11/h1-9,14H,10H2,(H2,18,19,21). The van der Waals surface area contributed by atoms with Crippen LogP contribution in [0.4, 0.5) is 9.18 Å². The van der Waals surface area contributed by atoms with Crippen molar-refractivity contribution < 1.29 is 9.18 Å². The van der Waals surface area contributed by atoms with E-state index in [-0.39, 0.29) is 5.84 Å². The summed E-state index contributed by atoms with van der Waals surface area (Å²) in [5, 5.41) is 0. The van der Waals surface area contributed by atoms with E-state index >= 15 is 0 Å². The van der Waals surface area contributed by atoms with Crippen molar-refractivity contribution >= 4 is 11.9 Å². The average Bonchev–Trinajstić information content (AvgIpc) is 2.75. The number of hydrogen-bond acceptors (Lipinski definition) is 2. The van der Waals surface area contributed by atoms with Crippen molar-refractivity contribution in [2.75, 3.05) is 0 Å². The molecule has 1 atom stereocenters. The molecule has 1 aliphatic rings. The SMILES string of the molecule is NC1=NC(=O)N(Cc2ccccc2)C1c1ccccc1F. The van der Waals surface area contributed by atoms with Crippen LogP contribution in [0, 0.1) is 5.82 Å². The summed E-state index contributed by atoms with van der Waals surface area (Å²) in [7, 11) is 0. The molecule has 0 spiro atoms. The van der Waals surface area contributed by atoms with Crippen LogP contribution in [0.5, 0.6) is 0 Å². The Bertz CT molecular complexity index is 700. The van der Waals surface area contributed by atoms with Gasteiger partial charge in [0.05, 0.1) is 0 Å². The first-order valence-corrected chi connectivity index (χ1v) is 6.60. The summed E-state index contributed by atoms with van der Waals surface area (Å²) in [5.41, 5.74) is 7.14. The third-order valence-corrected chi connectivity index (χ3v) is 3.46.